The summed E-state index contributed by atoms with van der Waals surface area (Å²) in [5.41, 5.74) is 0.819. The lowest BCUT2D eigenvalue weighted by molar-refractivity contribution is -0.127. The number of aromatic carboxylic acids is 1. The van der Waals surface area contributed by atoms with Gasteiger partial charge in [-0.3, -0.25) is 4.79 Å². The smallest absolute Gasteiger partial charge is 0.339 e. The molecule has 0 bridgehead atoms. The second-order valence-electron chi connectivity index (χ2n) is 3.80. The summed E-state index contributed by atoms with van der Waals surface area (Å²) >= 11 is 0. The minimum atomic E-state index is -1.05. The zero-order valence-corrected chi connectivity index (χ0v) is 10.1. The summed E-state index contributed by atoms with van der Waals surface area (Å²) in [4.78, 5) is 23.9. The number of nitrogens with zero attached hydrogens (tertiary/aromatic N) is 1. The molecule has 92 valence electrons. The van der Waals surface area contributed by atoms with Crippen molar-refractivity contribution >= 4 is 11.9 Å². The third-order valence-electron chi connectivity index (χ3n) is 2.35. The quantitative estimate of drug-likeness (QED) is 0.849. The number of methoxy groups -OCH3 is 1. The van der Waals surface area contributed by atoms with Crippen molar-refractivity contribution in [2.24, 2.45) is 0 Å². The van der Waals surface area contributed by atoms with E-state index in [4.69, 9.17) is 9.84 Å². The van der Waals surface area contributed by atoms with E-state index in [1.54, 1.807) is 26.2 Å². The number of carboxylic acids is 1. The van der Waals surface area contributed by atoms with E-state index in [0.717, 1.165) is 5.56 Å². The molecule has 0 aliphatic rings. The third kappa shape index (κ3) is 3.21. The molecule has 1 N–H and O–H groups in total. The lowest BCUT2D eigenvalue weighted by Crippen LogP contribution is -2.23. The zero-order valence-electron chi connectivity index (χ0n) is 10.1. The Hall–Kier alpha value is -2.04. The summed E-state index contributed by atoms with van der Waals surface area (Å²) in [6, 6.07) is 4.64. The molecule has 0 aromatic heterocycles. The van der Waals surface area contributed by atoms with Gasteiger partial charge in [-0.25, -0.2) is 4.79 Å². The third-order valence-corrected chi connectivity index (χ3v) is 2.35. The molecule has 0 aliphatic heterocycles. The van der Waals surface area contributed by atoms with Crippen molar-refractivity contribution in [3.8, 4) is 5.75 Å². The monoisotopic (exact) mass is 237 g/mol. The molecule has 0 heterocycles. The van der Waals surface area contributed by atoms with Crippen LogP contribution in [-0.4, -0.2) is 43.1 Å². The average Bonchev–Trinajstić information content (AvgIpc) is 2.28. The number of carbonyl (C=O) groups is 2. The van der Waals surface area contributed by atoms with Gasteiger partial charge in [-0.15, -0.1) is 0 Å². The summed E-state index contributed by atoms with van der Waals surface area (Å²) in [5.74, 6) is -0.830. The van der Waals surface area contributed by atoms with E-state index in [1.807, 2.05) is 0 Å². The molecule has 1 rings (SSSR count). The van der Waals surface area contributed by atoms with Crippen LogP contribution >= 0.6 is 0 Å². The first-order valence-electron chi connectivity index (χ1n) is 5.06. The van der Waals surface area contributed by atoms with Gasteiger partial charge in [0.15, 0.2) is 0 Å². The van der Waals surface area contributed by atoms with Gasteiger partial charge in [-0.05, 0) is 17.7 Å². The highest BCUT2D eigenvalue weighted by atomic mass is 16.5. The van der Waals surface area contributed by atoms with Crippen LogP contribution in [0.3, 0.4) is 0 Å². The zero-order chi connectivity index (χ0) is 13.0. The van der Waals surface area contributed by atoms with Crippen molar-refractivity contribution in [2.45, 2.75) is 6.42 Å². The number of likely N-dealkylation sites (N-methyl/N-ethyl adjacent to an activating group) is 1. The Kier molecular flexibility index (Phi) is 4.09. The van der Waals surface area contributed by atoms with Gasteiger partial charge < -0.3 is 14.7 Å². The maximum Gasteiger partial charge on any atom is 0.339 e. The molecule has 5 heteroatoms. The van der Waals surface area contributed by atoms with Crippen LogP contribution in [0.5, 0.6) is 5.75 Å². The molecule has 0 aliphatic carbocycles. The summed E-state index contributed by atoms with van der Waals surface area (Å²) in [6.07, 6.45) is 0.225. The first kappa shape index (κ1) is 13.0. The Labute approximate surface area is 99.6 Å². The topological polar surface area (TPSA) is 66.8 Å². The van der Waals surface area contributed by atoms with Crippen LogP contribution in [0.15, 0.2) is 18.2 Å². The molecule has 0 spiro atoms. The number of carboxylic acid groups (broad SMARTS) is 1. The van der Waals surface area contributed by atoms with Gasteiger partial charge in [-0.1, -0.05) is 6.07 Å². The Morgan fingerprint density at radius 2 is 2.00 bits per heavy atom. The maximum absolute atomic E-state index is 11.5. The molecule has 5 nitrogen and oxygen atoms in total. The lowest BCUT2D eigenvalue weighted by atomic mass is 10.1. The molecule has 0 saturated carbocycles. The molecule has 0 atom stereocenters. The lowest BCUT2D eigenvalue weighted by Gasteiger charge is -2.11. The highest BCUT2D eigenvalue weighted by Gasteiger charge is 2.13. The first-order chi connectivity index (χ1) is 7.95. The van der Waals surface area contributed by atoms with E-state index in [-0.39, 0.29) is 23.6 Å². The number of carbonyl (C=O) groups excluding carboxylic acids is 1. The molecule has 0 saturated heterocycles. The van der Waals surface area contributed by atoms with E-state index in [9.17, 15) is 9.59 Å². The highest BCUT2D eigenvalue weighted by Crippen LogP contribution is 2.20. The molecule has 17 heavy (non-hydrogen) atoms. The van der Waals surface area contributed by atoms with Crippen LogP contribution in [0.2, 0.25) is 0 Å². The number of rotatable bonds is 4. The van der Waals surface area contributed by atoms with E-state index >= 15 is 0 Å². The number of amides is 1. The Morgan fingerprint density at radius 1 is 1.35 bits per heavy atom. The second kappa shape index (κ2) is 5.34. The van der Waals surface area contributed by atoms with Gasteiger partial charge in [-0.2, -0.15) is 0 Å². The van der Waals surface area contributed by atoms with Crippen molar-refractivity contribution in [1.29, 1.82) is 0 Å². The fourth-order valence-corrected chi connectivity index (χ4v) is 1.36. The fourth-order valence-electron chi connectivity index (χ4n) is 1.36. The number of benzene rings is 1. The predicted molar refractivity (Wildman–Crippen MR) is 62.4 cm³/mol. The Morgan fingerprint density at radius 3 is 2.47 bits per heavy atom. The minimum Gasteiger partial charge on any atom is -0.496 e. The molecular formula is C12H15NO4. The van der Waals surface area contributed by atoms with Crippen LogP contribution < -0.4 is 4.74 Å². The first-order valence-corrected chi connectivity index (χ1v) is 5.06. The van der Waals surface area contributed by atoms with E-state index in [0.29, 0.717) is 0 Å². The maximum atomic E-state index is 11.5. The predicted octanol–water partition coefficient (Wildman–Crippen LogP) is 1.02. The van der Waals surface area contributed by atoms with E-state index in [2.05, 4.69) is 0 Å². The van der Waals surface area contributed by atoms with Crippen molar-refractivity contribution in [3.63, 3.8) is 0 Å². The van der Waals surface area contributed by atoms with Crippen molar-refractivity contribution in [2.75, 3.05) is 21.2 Å². The second-order valence-corrected chi connectivity index (χ2v) is 3.80. The van der Waals surface area contributed by atoms with Crippen LogP contribution in [0.1, 0.15) is 15.9 Å². The van der Waals surface area contributed by atoms with Crippen molar-refractivity contribution in [3.05, 3.63) is 29.3 Å². The summed E-state index contributed by atoms with van der Waals surface area (Å²) in [6.45, 7) is 0. The molecule has 1 aromatic carbocycles. The van der Waals surface area contributed by atoms with Crippen molar-refractivity contribution < 1.29 is 19.4 Å². The van der Waals surface area contributed by atoms with Gasteiger partial charge in [0, 0.05) is 14.1 Å². The minimum absolute atomic E-state index is 0.0462. The largest absolute Gasteiger partial charge is 0.496 e. The number of ether oxygens (including phenoxy) is 1. The summed E-state index contributed by atoms with van der Waals surface area (Å²) < 4.78 is 4.98. The van der Waals surface area contributed by atoms with Gasteiger partial charge in [0.1, 0.15) is 11.3 Å². The SMILES string of the molecule is COc1cc(CC(=O)N(C)C)ccc1C(=O)O. The van der Waals surface area contributed by atoms with Crippen LogP contribution in [0, 0.1) is 0 Å². The van der Waals surface area contributed by atoms with Gasteiger partial charge in [0.25, 0.3) is 0 Å². The highest BCUT2D eigenvalue weighted by molar-refractivity contribution is 5.91. The Balaban J connectivity index is 2.98. The molecule has 0 unspecified atom stereocenters. The number of hydrogen-bond acceptors (Lipinski definition) is 3. The standard InChI is InChI=1S/C12H15NO4/c1-13(2)11(14)7-8-4-5-9(12(15)16)10(6-8)17-3/h4-6H,7H2,1-3H3,(H,15,16). The van der Waals surface area contributed by atoms with E-state index < -0.39 is 5.97 Å². The summed E-state index contributed by atoms with van der Waals surface area (Å²) in [5, 5.41) is 8.90. The van der Waals surface area contributed by atoms with Crippen molar-refractivity contribution in [1.82, 2.24) is 4.90 Å². The molecule has 1 amide bonds. The molecule has 0 fully saturated rings. The molecule has 1 aromatic rings. The number of hydrogen-bond donors (Lipinski definition) is 1. The van der Waals surface area contributed by atoms with Crippen LogP contribution in [-0.2, 0) is 11.2 Å². The van der Waals surface area contributed by atoms with E-state index in [1.165, 1.54) is 18.1 Å². The molecule has 0 radical (unpaired) electrons. The van der Waals surface area contributed by atoms with Crippen LogP contribution in [0.25, 0.3) is 0 Å². The van der Waals surface area contributed by atoms with Crippen LogP contribution in [0.4, 0.5) is 0 Å². The van der Waals surface area contributed by atoms with Gasteiger partial charge >= 0.3 is 5.97 Å². The van der Waals surface area contributed by atoms with Gasteiger partial charge in [0.05, 0.1) is 13.5 Å². The normalized spacial score (nSPS) is 9.82. The van der Waals surface area contributed by atoms with Gasteiger partial charge in [0.2, 0.25) is 5.91 Å². The fraction of sp³-hybridized carbons (Fsp3) is 0.333. The Bertz CT molecular complexity index is 440. The summed E-state index contributed by atoms with van der Waals surface area (Å²) in [7, 11) is 4.75. The molecular weight excluding hydrogens is 222 g/mol. The average molecular weight is 237 g/mol.